The molecule has 0 unspecified atom stereocenters. The molecule has 0 N–H and O–H groups in total. The van der Waals surface area contributed by atoms with Crippen LogP contribution in [0.4, 0.5) is 0 Å². The molecule has 0 aliphatic heterocycles. The predicted octanol–water partition coefficient (Wildman–Crippen LogP) is -1.01. The molecule has 0 spiro atoms. The third-order valence-electron chi connectivity index (χ3n) is 2.73. The minimum absolute atomic E-state index is 0. The van der Waals surface area contributed by atoms with E-state index in [4.69, 9.17) is 4.74 Å². The molecule has 0 saturated heterocycles. The van der Waals surface area contributed by atoms with Crippen molar-refractivity contribution in [1.29, 1.82) is 0 Å². The molecule has 96 valence electrons. The first-order valence-corrected chi connectivity index (χ1v) is 5.83. The van der Waals surface area contributed by atoms with Crippen molar-refractivity contribution in [2.45, 2.75) is 0 Å². The predicted molar refractivity (Wildman–Crippen MR) is 72.3 cm³/mol. The summed E-state index contributed by atoms with van der Waals surface area (Å²) in [5.41, 5.74) is 1.56. The van der Waals surface area contributed by atoms with Gasteiger partial charge < -0.3 is 14.6 Å². The Bertz CT molecular complexity index is 589. The van der Waals surface area contributed by atoms with E-state index in [1.165, 1.54) is 0 Å². The molecule has 2 rings (SSSR count). The maximum atomic E-state index is 11.2. The van der Waals surface area contributed by atoms with Gasteiger partial charge in [0, 0.05) is 5.57 Å². The second kappa shape index (κ2) is 7.90. The zero-order chi connectivity index (χ0) is 13.7. The molecule has 0 fully saturated rings. The van der Waals surface area contributed by atoms with Crippen molar-refractivity contribution in [2.75, 3.05) is 7.11 Å². The van der Waals surface area contributed by atoms with Crippen LogP contribution in [0.25, 0.3) is 11.6 Å². The second-order valence-corrected chi connectivity index (χ2v) is 3.98. The van der Waals surface area contributed by atoms with E-state index in [1.54, 1.807) is 61.7 Å². The minimum atomic E-state index is -1.19. The van der Waals surface area contributed by atoms with Gasteiger partial charge in [-0.05, 0) is 29.3 Å². The largest absolute Gasteiger partial charge is 1.00 e. The van der Waals surface area contributed by atoms with Crippen LogP contribution in [0.15, 0.2) is 54.6 Å². The first-order chi connectivity index (χ1) is 9.20. The Morgan fingerprint density at radius 1 is 1.05 bits per heavy atom. The van der Waals surface area contributed by atoms with Crippen LogP contribution in [0.3, 0.4) is 0 Å². The van der Waals surface area contributed by atoms with Crippen LogP contribution in [-0.4, -0.2) is 13.1 Å². The van der Waals surface area contributed by atoms with Crippen molar-refractivity contribution in [3.63, 3.8) is 0 Å². The number of rotatable bonds is 4. The summed E-state index contributed by atoms with van der Waals surface area (Å²) >= 11 is 0. The van der Waals surface area contributed by atoms with Crippen LogP contribution in [0.1, 0.15) is 11.1 Å². The van der Waals surface area contributed by atoms with Crippen LogP contribution in [0, 0.1) is 0 Å². The summed E-state index contributed by atoms with van der Waals surface area (Å²) in [5, 5.41) is 11.2. The summed E-state index contributed by atoms with van der Waals surface area (Å²) in [6.07, 6.45) is 1.59. The van der Waals surface area contributed by atoms with Gasteiger partial charge in [-0.3, -0.25) is 0 Å². The van der Waals surface area contributed by atoms with E-state index in [-0.39, 0.29) is 35.1 Å². The molecule has 0 aliphatic rings. The van der Waals surface area contributed by atoms with E-state index in [1.807, 2.05) is 6.07 Å². The zero-order valence-corrected chi connectivity index (χ0v) is 13.5. The zero-order valence-electron chi connectivity index (χ0n) is 11.5. The molecular weight excluding hydrogens is 263 g/mol. The topological polar surface area (TPSA) is 49.4 Å². The van der Waals surface area contributed by atoms with Gasteiger partial charge in [0.1, 0.15) is 5.75 Å². The molecule has 20 heavy (non-hydrogen) atoms. The fourth-order valence-electron chi connectivity index (χ4n) is 1.74. The van der Waals surface area contributed by atoms with Crippen molar-refractivity contribution in [2.24, 2.45) is 0 Å². The number of benzene rings is 2. The van der Waals surface area contributed by atoms with Crippen LogP contribution in [-0.2, 0) is 4.79 Å². The van der Waals surface area contributed by atoms with Gasteiger partial charge in [-0.15, -0.1) is 0 Å². The summed E-state index contributed by atoms with van der Waals surface area (Å²) in [6, 6.07) is 16.1. The number of carbonyl (C=O) groups is 1. The number of hydrogen-bond acceptors (Lipinski definition) is 3. The standard InChI is InChI=1S/C16H14O3.Na/c1-19-14-9-7-12(8-10-14)11-15(16(17)18)13-5-3-2-4-6-13;/h2-11H,1H3,(H,17,18);/q;+1/p-1. The van der Waals surface area contributed by atoms with Crippen molar-refractivity contribution < 1.29 is 44.2 Å². The van der Waals surface area contributed by atoms with Crippen LogP contribution >= 0.6 is 0 Å². The Balaban J connectivity index is 0.00000200. The van der Waals surface area contributed by atoms with Gasteiger partial charge in [0.2, 0.25) is 0 Å². The number of carboxylic acid groups (broad SMARTS) is 1. The number of carbonyl (C=O) groups excluding carboxylic acids is 1. The number of ether oxygens (including phenoxy) is 1. The van der Waals surface area contributed by atoms with E-state index in [2.05, 4.69) is 0 Å². The van der Waals surface area contributed by atoms with E-state index < -0.39 is 5.97 Å². The Labute approximate surface area is 140 Å². The van der Waals surface area contributed by atoms with Gasteiger partial charge in [-0.1, -0.05) is 42.5 Å². The van der Waals surface area contributed by atoms with Gasteiger partial charge in [0.05, 0.1) is 13.1 Å². The Morgan fingerprint density at radius 2 is 1.65 bits per heavy atom. The van der Waals surface area contributed by atoms with Crippen LogP contribution < -0.4 is 39.4 Å². The number of carboxylic acids is 1. The Hall–Kier alpha value is -1.55. The smallest absolute Gasteiger partial charge is 0.545 e. The third-order valence-corrected chi connectivity index (χ3v) is 2.73. The average Bonchev–Trinajstić information content (AvgIpc) is 2.46. The second-order valence-electron chi connectivity index (χ2n) is 3.98. The quantitative estimate of drug-likeness (QED) is 0.408. The van der Waals surface area contributed by atoms with E-state index in [9.17, 15) is 9.90 Å². The summed E-state index contributed by atoms with van der Waals surface area (Å²) in [6.45, 7) is 0. The molecule has 0 heterocycles. The Morgan fingerprint density at radius 3 is 2.15 bits per heavy atom. The van der Waals surface area contributed by atoms with Crippen molar-refractivity contribution in [1.82, 2.24) is 0 Å². The van der Waals surface area contributed by atoms with Gasteiger partial charge in [-0.25, -0.2) is 0 Å². The number of hydrogen-bond donors (Lipinski definition) is 0. The van der Waals surface area contributed by atoms with E-state index >= 15 is 0 Å². The van der Waals surface area contributed by atoms with E-state index in [0.29, 0.717) is 5.56 Å². The Kier molecular flexibility index (Phi) is 6.52. The van der Waals surface area contributed by atoms with Crippen LogP contribution in [0.5, 0.6) is 5.75 Å². The molecule has 0 atom stereocenters. The molecule has 2 aromatic carbocycles. The van der Waals surface area contributed by atoms with Crippen molar-refractivity contribution in [3.05, 3.63) is 65.7 Å². The molecule has 3 nitrogen and oxygen atoms in total. The average molecular weight is 276 g/mol. The summed E-state index contributed by atoms with van der Waals surface area (Å²) in [4.78, 5) is 11.2. The first kappa shape index (κ1) is 16.5. The molecule has 0 aliphatic carbocycles. The molecule has 2 aromatic rings. The minimum Gasteiger partial charge on any atom is -0.545 e. The van der Waals surface area contributed by atoms with Crippen molar-refractivity contribution in [3.8, 4) is 5.75 Å². The third kappa shape index (κ3) is 4.23. The molecule has 0 saturated carbocycles. The molecule has 0 amide bonds. The SMILES string of the molecule is COc1ccc(C=C(C(=O)[O-])c2ccccc2)cc1.[Na+]. The molecule has 0 aromatic heterocycles. The van der Waals surface area contributed by atoms with Crippen LogP contribution in [0.2, 0.25) is 0 Å². The first-order valence-electron chi connectivity index (χ1n) is 5.83. The van der Waals surface area contributed by atoms with E-state index in [0.717, 1.165) is 11.3 Å². The summed E-state index contributed by atoms with van der Waals surface area (Å²) < 4.78 is 5.06. The molecule has 0 bridgehead atoms. The molecule has 4 heteroatoms. The fourth-order valence-corrected chi connectivity index (χ4v) is 1.74. The summed E-state index contributed by atoms with van der Waals surface area (Å²) in [5.74, 6) is -0.464. The molecular formula is C16H13NaO3. The fraction of sp³-hybridized carbons (Fsp3) is 0.0625. The number of aliphatic carboxylic acids is 1. The van der Waals surface area contributed by atoms with Gasteiger partial charge in [-0.2, -0.15) is 0 Å². The maximum absolute atomic E-state index is 11.2. The number of methoxy groups -OCH3 is 1. The van der Waals surface area contributed by atoms with Gasteiger partial charge in [0.15, 0.2) is 0 Å². The maximum Gasteiger partial charge on any atom is 1.00 e. The normalized spacial score (nSPS) is 10.6. The summed E-state index contributed by atoms with van der Waals surface area (Å²) in [7, 11) is 1.58. The molecule has 0 radical (unpaired) electrons. The van der Waals surface area contributed by atoms with Gasteiger partial charge in [0.25, 0.3) is 0 Å². The van der Waals surface area contributed by atoms with Crippen molar-refractivity contribution >= 4 is 17.6 Å². The van der Waals surface area contributed by atoms with Gasteiger partial charge >= 0.3 is 29.6 Å². The monoisotopic (exact) mass is 276 g/mol.